The van der Waals surface area contributed by atoms with Crippen LogP contribution in [0.25, 0.3) is 0 Å². The van der Waals surface area contributed by atoms with Gasteiger partial charge in [-0.1, -0.05) is 68.8 Å². The molecular weight excluding hydrogens is 526 g/mol. The topological polar surface area (TPSA) is 96.0 Å². The molecule has 3 aromatic carbocycles. The van der Waals surface area contributed by atoms with E-state index in [-0.39, 0.29) is 23.3 Å². The SMILES string of the molecule is CCC(C(=O)NCC(C)C)N(Cc1cccc(OC)c1)C(=O)CN(c1ccccc1)S(=O)(=O)c1ccc(C)cc1. The van der Waals surface area contributed by atoms with Crippen molar-refractivity contribution in [1.82, 2.24) is 10.2 Å². The second-order valence-electron chi connectivity index (χ2n) is 10.1. The molecule has 1 atom stereocenters. The number of amides is 2. The van der Waals surface area contributed by atoms with Crippen LogP contribution in [0.4, 0.5) is 5.69 Å². The van der Waals surface area contributed by atoms with Crippen molar-refractivity contribution >= 4 is 27.5 Å². The fourth-order valence-corrected chi connectivity index (χ4v) is 5.68. The molecule has 0 saturated carbocycles. The third-order valence-electron chi connectivity index (χ3n) is 6.49. The van der Waals surface area contributed by atoms with Crippen LogP contribution in [-0.2, 0) is 26.2 Å². The first-order valence-electron chi connectivity index (χ1n) is 13.4. The van der Waals surface area contributed by atoms with Crippen LogP contribution in [0.15, 0.2) is 83.8 Å². The van der Waals surface area contributed by atoms with E-state index in [0.717, 1.165) is 15.4 Å². The Bertz CT molecular complexity index is 1380. The molecule has 9 heteroatoms. The summed E-state index contributed by atoms with van der Waals surface area (Å²) in [5.74, 6) is 0.0845. The third kappa shape index (κ3) is 7.85. The first-order chi connectivity index (χ1) is 19.1. The highest BCUT2D eigenvalue weighted by Gasteiger charge is 2.33. The number of nitrogens with zero attached hydrogens (tertiary/aromatic N) is 2. The molecule has 0 spiro atoms. The minimum Gasteiger partial charge on any atom is -0.497 e. The number of para-hydroxylation sites is 1. The normalized spacial score (nSPS) is 12.1. The second kappa shape index (κ2) is 14.0. The minimum absolute atomic E-state index is 0.0795. The molecule has 1 N–H and O–H groups in total. The number of benzene rings is 3. The van der Waals surface area contributed by atoms with E-state index in [2.05, 4.69) is 5.32 Å². The zero-order valence-corrected chi connectivity index (χ0v) is 24.6. The predicted octanol–water partition coefficient (Wildman–Crippen LogP) is 4.78. The fraction of sp³-hybridized carbons (Fsp3) is 0.355. The molecule has 3 aromatic rings. The average Bonchev–Trinajstić information content (AvgIpc) is 2.95. The van der Waals surface area contributed by atoms with Crippen LogP contribution in [0, 0.1) is 12.8 Å². The number of hydrogen-bond acceptors (Lipinski definition) is 5. The van der Waals surface area contributed by atoms with Crippen molar-refractivity contribution in [2.24, 2.45) is 5.92 Å². The van der Waals surface area contributed by atoms with Gasteiger partial charge in [0.05, 0.1) is 17.7 Å². The van der Waals surface area contributed by atoms with Crippen LogP contribution >= 0.6 is 0 Å². The highest BCUT2D eigenvalue weighted by atomic mass is 32.2. The van der Waals surface area contributed by atoms with Gasteiger partial charge in [-0.25, -0.2) is 8.42 Å². The highest BCUT2D eigenvalue weighted by Crippen LogP contribution is 2.25. The number of sulfonamides is 1. The van der Waals surface area contributed by atoms with Crippen molar-refractivity contribution in [1.29, 1.82) is 0 Å². The van der Waals surface area contributed by atoms with Crippen LogP contribution < -0.4 is 14.4 Å². The van der Waals surface area contributed by atoms with E-state index in [1.54, 1.807) is 61.7 Å². The molecule has 214 valence electrons. The van der Waals surface area contributed by atoms with Gasteiger partial charge in [0.15, 0.2) is 0 Å². The lowest BCUT2D eigenvalue weighted by atomic mass is 10.1. The maximum Gasteiger partial charge on any atom is 0.264 e. The second-order valence-corrected chi connectivity index (χ2v) is 12.0. The number of anilines is 1. The Morgan fingerprint density at radius 2 is 1.62 bits per heavy atom. The molecule has 0 radical (unpaired) electrons. The molecule has 0 aliphatic rings. The lowest BCUT2D eigenvalue weighted by molar-refractivity contribution is -0.140. The molecule has 0 bridgehead atoms. The van der Waals surface area contributed by atoms with Gasteiger partial charge in [-0.2, -0.15) is 0 Å². The summed E-state index contributed by atoms with van der Waals surface area (Å²) in [5.41, 5.74) is 2.04. The molecule has 8 nitrogen and oxygen atoms in total. The summed E-state index contributed by atoms with van der Waals surface area (Å²) in [6, 6.07) is 21.5. The lowest BCUT2D eigenvalue weighted by Crippen LogP contribution is -2.52. The molecule has 0 aliphatic heterocycles. The van der Waals surface area contributed by atoms with Crippen LogP contribution in [0.2, 0.25) is 0 Å². The van der Waals surface area contributed by atoms with Crippen molar-refractivity contribution in [3.63, 3.8) is 0 Å². The smallest absolute Gasteiger partial charge is 0.264 e. The summed E-state index contributed by atoms with van der Waals surface area (Å²) in [7, 11) is -2.53. The van der Waals surface area contributed by atoms with Crippen LogP contribution in [-0.4, -0.2) is 51.4 Å². The molecule has 2 amide bonds. The molecule has 0 saturated heterocycles. The number of nitrogens with one attached hydrogen (secondary N) is 1. The minimum atomic E-state index is -4.09. The van der Waals surface area contributed by atoms with E-state index in [0.29, 0.717) is 24.4 Å². The summed E-state index contributed by atoms with van der Waals surface area (Å²) in [5, 5.41) is 2.93. The van der Waals surface area contributed by atoms with Gasteiger partial charge in [-0.15, -0.1) is 0 Å². The first-order valence-corrected chi connectivity index (χ1v) is 14.8. The quantitative estimate of drug-likeness (QED) is 0.322. The van der Waals surface area contributed by atoms with E-state index < -0.39 is 28.5 Å². The summed E-state index contributed by atoms with van der Waals surface area (Å²) < 4.78 is 34.2. The largest absolute Gasteiger partial charge is 0.497 e. The standard InChI is InChI=1S/C31H39N3O5S/c1-6-29(31(36)32-20-23(2)3)33(21-25-11-10-14-27(19-25)39-5)30(35)22-34(26-12-8-7-9-13-26)40(37,38)28-17-15-24(4)16-18-28/h7-19,23,29H,6,20-22H2,1-5H3,(H,32,36). The molecule has 1 unspecified atom stereocenters. The molecule has 3 rings (SSSR count). The monoisotopic (exact) mass is 565 g/mol. The number of ether oxygens (including phenoxy) is 1. The lowest BCUT2D eigenvalue weighted by Gasteiger charge is -2.33. The van der Waals surface area contributed by atoms with Crippen molar-refractivity contribution < 1.29 is 22.7 Å². The Morgan fingerprint density at radius 3 is 2.23 bits per heavy atom. The number of hydrogen-bond donors (Lipinski definition) is 1. The average molecular weight is 566 g/mol. The van der Waals surface area contributed by atoms with Gasteiger partial charge in [-0.3, -0.25) is 13.9 Å². The Morgan fingerprint density at radius 1 is 0.950 bits per heavy atom. The van der Waals surface area contributed by atoms with Gasteiger partial charge < -0.3 is 15.0 Å². The van der Waals surface area contributed by atoms with Crippen molar-refractivity contribution in [3.8, 4) is 5.75 Å². The van der Waals surface area contributed by atoms with E-state index in [1.807, 2.05) is 39.8 Å². The third-order valence-corrected chi connectivity index (χ3v) is 8.28. The molecule has 40 heavy (non-hydrogen) atoms. The summed E-state index contributed by atoms with van der Waals surface area (Å²) in [6.45, 7) is 7.80. The summed E-state index contributed by atoms with van der Waals surface area (Å²) >= 11 is 0. The van der Waals surface area contributed by atoms with Gasteiger partial charge in [0.1, 0.15) is 18.3 Å². The zero-order valence-electron chi connectivity index (χ0n) is 23.8. The molecule has 0 aromatic heterocycles. The van der Waals surface area contributed by atoms with E-state index in [4.69, 9.17) is 4.74 Å². The van der Waals surface area contributed by atoms with Gasteiger partial charge in [0, 0.05) is 13.1 Å². The number of rotatable bonds is 13. The van der Waals surface area contributed by atoms with Gasteiger partial charge >= 0.3 is 0 Å². The predicted molar refractivity (Wildman–Crippen MR) is 158 cm³/mol. The number of carbonyl (C=O) groups is 2. The van der Waals surface area contributed by atoms with Crippen molar-refractivity contribution in [2.45, 2.75) is 51.6 Å². The van der Waals surface area contributed by atoms with E-state index in [9.17, 15) is 18.0 Å². The van der Waals surface area contributed by atoms with Crippen LogP contribution in [0.3, 0.4) is 0 Å². The first kappa shape index (κ1) is 30.7. The number of aryl methyl sites for hydroxylation is 1. The van der Waals surface area contributed by atoms with Gasteiger partial charge in [0.25, 0.3) is 10.0 Å². The summed E-state index contributed by atoms with van der Waals surface area (Å²) in [6.07, 6.45) is 0.357. The maximum absolute atomic E-state index is 14.1. The van der Waals surface area contributed by atoms with Crippen LogP contribution in [0.1, 0.15) is 38.3 Å². The zero-order chi connectivity index (χ0) is 29.3. The number of carbonyl (C=O) groups excluding carboxylic acids is 2. The molecular formula is C31H39N3O5S. The summed E-state index contributed by atoms with van der Waals surface area (Å²) in [4.78, 5) is 28.9. The number of methoxy groups -OCH3 is 1. The maximum atomic E-state index is 14.1. The Labute approximate surface area is 238 Å². The highest BCUT2D eigenvalue weighted by molar-refractivity contribution is 7.92. The Hall–Kier alpha value is -3.85. The molecule has 0 aliphatic carbocycles. The van der Waals surface area contributed by atoms with Gasteiger partial charge in [0.2, 0.25) is 11.8 Å². The fourth-order valence-electron chi connectivity index (χ4n) is 4.27. The molecule has 0 fully saturated rings. The van der Waals surface area contributed by atoms with Crippen LogP contribution in [0.5, 0.6) is 5.75 Å². The Kier molecular flexibility index (Phi) is 10.7. The molecule has 0 heterocycles. The van der Waals surface area contributed by atoms with Gasteiger partial charge in [-0.05, 0) is 61.2 Å². The van der Waals surface area contributed by atoms with E-state index >= 15 is 0 Å². The van der Waals surface area contributed by atoms with Crippen molar-refractivity contribution in [2.75, 3.05) is 24.5 Å². The Balaban J connectivity index is 2.03. The van der Waals surface area contributed by atoms with Crippen molar-refractivity contribution in [3.05, 3.63) is 90.0 Å². The van der Waals surface area contributed by atoms with E-state index in [1.165, 1.54) is 17.0 Å².